The van der Waals surface area contributed by atoms with Gasteiger partial charge in [0, 0.05) is 0 Å². The van der Waals surface area contributed by atoms with Crippen LogP contribution in [0.4, 0.5) is 0 Å². The average Bonchev–Trinajstić information content (AvgIpc) is 2.52. The Morgan fingerprint density at radius 3 is 1.78 bits per heavy atom. The van der Waals surface area contributed by atoms with Gasteiger partial charge in [-0.2, -0.15) is 0 Å². The number of nitrogens with zero attached hydrogens (tertiary/aromatic N) is 3. The highest BCUT2D eigenvalue weighted by Gasteiger charge is 2.17. The first-order valence-corrected chi connectivity index (χ1v) is 7.82. The van der Waals surface area contributed by atoms with E-state index in [2.05, 4.69) is 0 Å². The Kier molecular flexibility index (Phi) is 7.93. The molecular formula is C14H25N3O6. The Hall–Kier alpha value is -1.71. The molecule has 1 aromatic heterocycles. The van der Waals surface area contributed by atoms with Crippen molar-refractivity contribution in [2.45, 2.75) is 58.3 Å². The standard InChI is InChI=1S/C14H25N3O6/c1-2-3-4-5-11(20)10-17-13(22)15(6-8-18)12(21)16(7-9-19)14(17)23/h11,18-20H,2-10H2,1H3. The molecule has 1 aromatic rings. The van der Waals surface area contributed by atoms with E-state index < -0.39 is 36.4 Å². The van der Waals surface area contributed by atoms with Gasteiger partial charge >= 0.3 is 17.1 Å². The van der Waals surface area contributed by atoms with Gasteiger partial charge in [0.1, 0.15) is 0 Å². The lowest BCUT2D eigenvalue weighted by Crippen LogP contribution is -2.56. The van der Waals surface area contributed by atoms with Crippen molar-refractivity contribution in [1.82, 2.24) is 13.7 Å². The van der Waals surface area contributed by atoms with Crippen molar-refractivity contribution in [3.63, 3.8) is 0 Å². The van der Waals surface area contributed by atoms with Crippen LogP contribution in [-0.2, 0) is 19.6 Å². The third kappa shape index (κ3) is 4.88. The molecule has 9 heteroatoms. The normalized spacial score (nSPS) is 12.5. The Morgan fingerprint density at radius 1 is 0.870 bits per heavy atom. The monoisotopic (exact) mass is 331 g/mol. The van der Waals surface area contributed by atoms with Crippen molar-refractivity contribution in [3.8, 4) is 0 Å². The minimum absolute atomic E-state index is 0.224. The molecule has 1 atom stereocenters. The zero-order valence-corrected chi connectivity index (χ0v) is 13.3. The van der Waals surface area contributed by atoms with Crippen LogP contribution in [0.2, 0.25) is 0 Å². The highest BCUT2D eigenvalue weighted by molar-refractivity contribution is 4.80. The first-order chi connectivity index (χ1) is 11.0. The molecule has 0 aliphatic rings. The number of aliphatic hydroxyl groups excluding tert-OH is 3. The summed E-state index contributed by atoms with van der Waals surface area (Å²) < 4.78 is 2.25. The van der Waals surface area contributed by atoms with Crippen molar-refractivity contribution >= 4 is 0 Å². The summed E-state index contributed by atoms with van der Waals surface area (Å²) in [4.78, 5) is 36.6. The number of aromatic nitrogens is 3. The van der Waals surface area contributed by atoms with Gasteiger partial charge < -0.3 is 15.3 Å². The van der Waals surface area contributed by atoms with Gasteiger partial charge in [0.25, 0.3) is 0 Å². The predicted molar refractivity (Wildman–Crippen MR) is 83.5 cm³/mol. The lowest BCUT2D eigenvalue weighted by atomic mass is 10.1. The average molecular weight is 331 g/mol. The summed E-state index contributed by atoms with van der Waals surface area (Å²) in [7, 11) is 0. The first kappa shape index (κ1) is 19.3. The third-order valence-corrected chi connectivity index (χ3v) is 3.57. The second-order valence-electron chi connectivity index (χ2n) is 5.36. The zero-order chi connectivity index (χ0) is 17.4. The molecule has 0 radical (unpaired) electrons. The Bertz CT molecular complexity index is 616. The minimum atomic E-state index is -0.880. The molecule has 23 heavy (non-hydrogen) atoms. The smallest absolute Gasteiger partial charge is 0.336 e. The lowest BCUT2D eigenvalue weighted by Gasteiger charge is -2.15. The second kappa shape index (κ2) is 9.43. The van der Waals surface area contributed by atoms with Gasteiger partial charge in [-0.3, -0.25) is 0 Å². The van der Waals surface area contributed by atoms with Crippen LogP contribution >= 0.6 is 0 Å². The SMILES string of the molecule is CCCCCC(O)Cn1c(=O)n(CCO)c(=O)n(CCO)c1=O. The van der Waals surface area contributed by atoms with Gasteiger partial charge in [0.05, 0.1) is 39.0 Å². The van der Waals surface area contributed by atoms with Crippen molar-refractivity contribution in [2.75, 3.05) is 13.2 Å². The van der Waals surface area contributed by atoms with Gasteiger partial charge in [-0.05, 0) is 6.42 Å². The van der Waals surface area contributed by atoms with E-state index in [0.29, 0.717) is 6.42 Å². The highest BCUT2D eigenvalue weighted by atomic mass is 16.3. The predicted octanol–water partition coefficient (Wildman–Crippen LogP) is -1.90. The molecular weight excluding hydrogens is 306 g/mol. The molecule has 0 spiro atoms. The van der Waals surface area contributed by atoms with Gasteiger partial charge in [0.2, 0.25) is 0 Å². The Morgan fingerprint density at radius 2 is 1.35 bits per heavy atom. The van der Waals surface area contributed by atoms with E-state index in [1.807, 2.05) is 6.92 Å². The molecule has 9 nitrogen and oxygen atoms in total. The number of aliphatic hydroxyl groups is 3. The summed E-state index contributed by atoms with van der Waals surface area (Å²) in [5.41, 5.74) is -2.60. The maximum atomic E-state index is 12.3. The molecule has 1 heterocycles. The van der Waals surface area contributed by atoms with Gasteiger partial charge in [-0.25, -0.2) is 28.1 Å². The van der Waals surface area contributed by atoms with Crippen LogP contribution in [0, 0.1) is 0 Å². The highest BCUT2D eigenvalue weighted by Crippen LogP contribution is 2.03. The summed E-state index contributed by atoms with van der Waals surface area (Å²) in [6.07, 6.45) is 2.25. The lowest BCUT2D eigenvalue weighted by molar-refractivity contribution is 0.134. The molecule has 0 aliphatic carbocycles. The number of unbranched alkanes of at least 4 members (excludes halogenated alkanes) is 2. The van der Waals surface area contributed by atoms with Crippen LogP contribution in [0.15, 0.2) is 14.4 Å². The first-order valence-electron chi connectivity index (χ1n) is 7.82. The van der Waals surface area contributed by atoms with Crippen LogP contribution in [0.5, 0.6) is 0 Å². The van der Waals surface area contributed by atoms with E-state index in [1.54, 1.807) is 0 Å². The topological polar surface area (TPSA) is 127 Å². The van der Waals surface area contributed by atoms with E-state index in [-0.39, 0.29) is 19.6 Å². The molecule has 3 N–H and O–H groups in total. The molecule has 0 saturated carbocycles. The third-order valence-electron chi connectivity index (χ3n) is 3.57. The maximum absolute atomic E-state index is 12.3. The quantitative estimate of drug-likeness (QED) is 0.430. The van der Waals surface area contributed by atoms with Crippen LogP contribution in [-0.4, -0.2) is 48.3 Å². The van der Waals surface area contributed by atoms with E-state index in [0.717, 1.165) is 33.0 Å². The van der Waals surface area contributed by atoms with E-state index in [1.165, 1.54) is 0 Å². The van der Waals surface area contributed by atoms with Crippen LogP contribution in [0.25, 0.3) is 0 Å². The molecule has 0 fully saturated rings. The number of rotatable bonds is 10. The summed E-state index contributed by atoms with van der Waals surface area (Å²) >= 11 is 0. The molecule has 1 unspecified atom stereocenters. The van der Waals surface area contributed by atoms with E-state index >= 15 is 0 Å². The number of hydrogen-bond acceptors (Lipinski definition) is 6. The summed E-state index contributed by atoms with van der Waals surface area (Å²) in [6.45, 7) is 0.412. The van der Waals surface area contributed by atoms with Crippen LogP contribution in [0.3, 0.4) is 0 Å². The van der Waals surface area contributed by atoms with Gasteiger partial charge in [-0.1, -0.05) is 26.2 Å². The van der Waals surface area contributed by atoms with Crippen molar-refractivity contribution in [2.24, 2.45) is 0 Å². The molecule has 1 rings (SSSR count). The molecule has 0 saturated heterocycles. The molecule has 0 amide bonds. The Balaban J connectivity index is 3.22. The summed E-state index contributed by atoms with van der Waals surface area (Å²) in [5.74, 6) is 0. The molecule has 0 bridgehead atoms. The van der Waals surface area contributed by atoms with Crippen molar-refractivity contribution in [3.05, 3.63) is 31.5 Å². The summed E-state index contributed by atoms with van der Waals surface area (Å²) in [5, 5.41) is 28.0. The zero-order valence-electron chi connectivity index (χ0n) is 13.3. The fraction of sp³-hybridized carbons (Fsp3) is 0.786. The van der Waals surface area contributed by atoms with Gasteiger partial charge in [0.15, 0.2) is 0 Å². The summed E-state index contributed by atoms with van der Waals surface area (Å²) in [6, 6.07) is 0. The fourth-order valence-electron chi connectivity index (χ4n) is 2.35. The Labute approximate surface area is 133 Å². The van der Waals surface area contributed by atoms with E-state index in [9.17, 15) is 19.5 Å². The second-order valence-corrected chi connectivity index (χ2v) is 5.36. The fourth-order valence-corrected chi connectivity index (χ4v) is 2.35. The van der Waals surface area contributed by atoms with Crippen LogP contribution < -0.4 is 17.1 Å². The maximum Gasteiger partial charge on any atom is 0.336 e. The largest absolute Gasteiger partial charge is 0.395 e. The molecule has 0 aromatic carbocycles. The van der Waals surface area contributed by atoms with Crippen LogP contribution in [0.1, 0.15) is 32.6 Å². The van der Waals surface area contributed by atoms with Gasteiger partial charge in [-0.15, -0.1) is 0 Å². The number of hydrogen-bond donors (Lipinski definition) is 3. The molecule has 132 valence electrons. The minimum Gasteiger partial charge on any atom is -0.395 e. The van der Waals surface area contributed by atoms with Crippen molar-refractivity contribution < 1.29 is 15.3 Å². The van der Waals surface area contributed by atoms with E-state index in [4.69, 9.17) is 10.2 Å². The van der Waals surface area contributed by atoms with Crippen molar-refractivity contribution in [1.29, 1.82) is 0 Å². The molecule has 0 aliphatic heterocycles.